The molecule has 0 unspecified atom stereocenters. The Kier molecular flexibility index (Phi) is 5.47. The van der Waals surface area contributed by atoms with Gasteiger partial charge in [-0.05, 0) is 87.1 Å². The van der Waals surface area contributed by atoms with Crippen LogP contribution >= 0.6 is 12.2 Å². The number of para-hydroxylation sites is 1. The second-order valence-electron chi connectivity index (χ2n) is 8.86. The molecule has 154 valence electrons. The van der Waals surface area contributed by atoms with E-state index < -0.39 is 11.4 Å². The summed E-state index contributed by atoms with van der Waals surface area (Å²) in [6, 6.07) is 9.72. The summed E-state index contributed by atoms with van der Waals surface area (Å²) in [6.45, 7) is 1.95. The number of anilines is 1. The number of hydrazone groups is 1. The lowest BCUT2D eigenvalue weighted by molar-refractivity contribution is -0.188. The highest BCUT2D eigenvalue weighted by Crippen LogP contribution is 2.81. The standard InChI is InChI=1S/C23H29N3O2S/c1-16(25-26-21(29)24-18-9-5-2-6-10-18)8-4-3-7-12-23(20(27)28)19-15-22(23)13-11-17(19)14-22/h2-6,9-10,17,19H,7-8,11-15H2,1H3,(H,27,28)(H2,24,26,29)/b4-3+,25-16?/t17-,19+,22+,23+/m1/s1. The molecule has 4 aliphatic rings. The summed E-state index contributed by atoms with van der Waals surface area (Å²) in [4.78, 5) is 12.1. The number of benzene rings is 1. The summed E-state index contributed by atoms with van der Waals surface area (Å²) in [5.41, 5.74) is 4.38. The molecule has 0 saturated heterocycles. The molecule has 1 aromatic carbocycles. The fourth-order valence-electron chi connectivity index (χ4n) is 6.21. The van der Waals surface area contributed by atoms with Crippen LogP contribution in [0.25, 0.3) is 0 Å². The van der Waals surface area contributed by atoms with Gasteiger partial charge in [0.15, 0.2) is 5.11 Å². The number of rotatable bonds is 8. The summed E-state index contributed by atoms with van der Waals surface area (Å²) in [5.74, 6) is 0.544. The second-order valence-corrected chi connectivity index (χ2v) is 9.27. The van der Waals surface area contributed by atoms with E-state index in [-0.39, 0.29) is 5.41 Å². The molecule has 0 heterocycles. The number of thiocarbonyl (C=S) groups is 1. The lowest BCUT2D eigenvalue weighted by Gasteiger charge is -2.58. The third kappa shape index (κ3) is 3.48. The van der Waals surface area contributed by atoms with Crippen molar-refractivity contribution < 1.29 is 9.90 Å². The van der Waals surface area contributed by atoms with Crippen molar-refractivity contribution in [3.8, 4) is 0 Å². The number of nitrogens with zero attached hydrogens (tertiary/aromatic N) is 1. The Balaban J connectivity index is 1.22. The Labute approximate surface area is 177 Å². The molecule has 0 radical (unpaired) electrons. The van der Waals surface area contributed by atoms with Crippen LogP contribution in [0.2, 0.25) is 0 Å². The maximum atomic E-state index is 12.1. The van der Waals surface area contributed by atoms with Crippen LogP contribution in [-0.2, 0) is 4.79 Å². The SMILES string of the molecule is CC(C/C=C/CC[C@@]1(C(=O)O)[C@H]2C[C@@]13CC[C@@H]2C3)=NNC(=S)Nc1ccccc1. The van der Waals surface area contributed by atoms with E-state index in [4.69, 9.17) is 12.2 Å². The fourth-order valence-corrected chi connectivity index (χ4v) is 6.37. The van der Waals surface area contributed by atoms with Gasteiger partial charge < -0.3 is 10.4 Å². The molecule has 5 nitrogen and oxygen atoms in total. The molecule has 1 aromatic rings. The van der Waals surface area contributed by atoms with Crippen LogP contribution in [0.1, 0.15) is 51.9 Å². The van der Waals surface area contributed by atoms with Crippen LogP contribution in [0, 0.1) is 22.7 Å². The van der Waals surface area contributed by atoms with Crippen molar-refractivity contribution in [1.29, 1.82) is 0 Å². The van der Waals surface area contributed by atoms with Crippen LogP contribution in [0.15, 0.2) is 47.6 Å². The van der Waals surface area contributed by atoms with Gasteiger partial charge in [-0.25, -0.2) is 0 Å². The predicted octanol–water partition coefficient (Wildman–Crippen LogP) is 4.97. The van der Waals surface area contributed by atoms with Gasteiger partial charge in [-0.1, -0.05) is 30.4 Å². The zero-order valence-electron chi connectivity index (χ0n) is 16.9. The molecule has 4 aliphatic carbocycles. The van der Waals surface area contributed by atoms with Crippen LogP contribution < -0.4 is 10.7 Å². The number of hydrogen-bond donors (Lipinski definition) is 3. The lowest BCUT2D eigenvalue weighted by Crippen LogP contribution is -2.59. The zero-order chi connectivity index (χ0) is 20.5. The zero-order valence-corrected chi connectivity index (χ0v) is 17.7. The van der Waals surface area contributed by atoms with Gasteiger partial charge in [-0.2, -0.15) is 5.10 Å². The van der Waals surface area contributed by atoms with Crippen molar-refractivity contribution in [2.75, 3.05) is 5.32 Å². The molecule has 1 spiro atoms. The van der Waals surface area contributed by atoms with Gasteiger partial charge in [-0.3, -0.25) is 10.2 Å². The molecule has 0 aromatic heterocycles. The number of hydrogen-bond acceptors (Lipinski definition) is 3. The quantitative estimate of drug-likeness (QED) is 0.244. The first-order chi connectivity index (χ1) is 14.0. The Hall–Kier alpha value is -2.21. The molecule has 3 bridgehead atoms. The van der Waals surface area contributed by atoms with E-state index in [0.29, 0.717) is 16.9 Å². The Morgan fingerprint density at radius 2 is 2.10 bits per heavy atom. The molecular weight excluding hydrogens is 382 g/mol. The summed E-state index contributed by atoms with van der Waals surface area (Å²) in [6.07, 6.45) is 11.2. The van der Waals surface area contributed by atoms with E-state index in [2.05, 4.69) is 28.0 Å². The van der Waals surface area contributed by atoms with Crippen molar-refractivity contribution in [2.45, 2.75) is 51.9 Å². The number of nitrogens with one attached hydrogen (secondary N) is 2. The van der Waals surface area contributed by atoms with E-state index in [1.807, 2.05) is 37.3 Å². The van der Waals surface area contributed by atoms with Crippen molar-refractivity contribution >= 4 is 34.7 Å². The molecule has 4 fully saturated rings. The molecule has 0 amide bonds. The van der Waals surface area contributed by atoms with Crippen molar-refractivity contribution in [3.63, 3.8) is 0 Å². The van der Waals surface area contributed by atoms with E-state index in [1.54, 1.807) is 0 Å². The predicted molar refractivity (Wildman–Crippen MR) is 120 cm³/mol. The first-order valence-electron chi connectivity index (χ1n) is 10.5. The van der Waals surface area contributed by atoms with Crippen LogP contribution in [0.4, 0.5) is 5.69 Å². The fraction of sp³-hybridized carbons (Fsp3) is 0.522. The number of allylic oxidation sites excluding steroid dienone is 2. The van der Waals surface area contributed by atoms with Gasteiger partial charge in [0.05, 0.1) is 5.41 Å². The number of carbonyl (C=O) groups is 1. The van der Waals surface area contributed by atoms with Gasteiger partial charge in [0.25, 0.3) is 0 Å². The van der Waals surface area contributed by atoms with Gasteiger partial charge in [0.1, 0.15) is 0 Å². The summed E-state index contributed by atoms with van der Waals surface area (Å²) in [5, 5.41) is 17.8. The molecule has 6 heteroatoms. The minimum atomic E-state index is -0.550. The Morgan fingerprint density at radius 3 is 2.72 bits per heavy atom. The Bertz CT molecular complexity index is 849. The molecule has 4 saturated carbocycles. The summed E-state index contributed by atoms with van der Waals surface area (Å²) in [7, 11) is 0. The third-order valence-corrected chi connectivity index (χ3v) is 7.65. The minimum Gasteiger partial charge on any atom is -0.481 e. The normalized spacial score (nSPS) is 32.2. The molecular formula is C23H29N3O2S. The molecule has 0 aliphatic heterocycles. The van der Waals surface area contributed by atoms with Crippen LogP contribution in [0.5, 0.6) is 0 Å². The van der Waals surface area contributed by atoms with Crippen molar-refractivity contribution in [2.24, 2.45) is 27.8 Å². The summed E-state index contributed by atoms with van der Waals surface area (Å²) < 4.78 is 0. The smallest absolute Gasteiger partial charge is 0.310 e. The third-order valence-electron chi connectivity index (χ3n) is 7.45. The highest BCUT2D eigenvalue weighted by Gasteiger charge is 2.78. The second kappa shape index (κ2) is 7.90. The highest BCUT2D eigenvalue weighted by molar-refractivity contribution is 7.80. The van der Waals surface area contributed by atoms with Crippen molar-refractivity contribution in [1.82, 2.24) is 5.43 Å². The molecule has 3 N–H and O–H groups in total. The van der Waals surface area contributed by atoms with Gasteiger partial charge in [-0.15, -0.1) is 0 Å². The first kappa shape index (κ1) is 20.1. The lowest BCUT2D eigenvalue weighted by atomic mass is 9.43. The average Bonchev–Trinajstić information content (AvgIpc) is 3.37. The monoisotopic (exact) mass is 411 g/mol. The summed E-state index contributed by atoms with van der Waals surface area (Å²) >= 11 is 5.24. The van der Waals surface area contributed by atoms with Crippen LogP contribution in [0.3, 0.4) is 0 Å². The Morgan fingerprint density at radius 1 is 1.31 bits per heavy atom. The first-order valence-corrected chi connectivity index (χ1v) is 10.9. The molecule has 29 heavy (non-hydrogen) atoms. The minimum absolute atomic E-state index is 0.116. The number of aliphatic carboxylic acids is 1. The molecule has 5 rings (SSSR count). The van der Waals surface area contributed by atoms with E-state index in [1.165, 1.54) is 6.42 Å². The number of carboxylic acids is 1. The van der Waals surface area contributed by atoms with E-state index >= 15 is 0 Å². The highest BCUT2D eigenvalue weighted by atomic mass is 32.1. The van der Waals surface area contributed by atoms with Gasteiger partial charge in [0, 0.05) is 17.8 Å². The van der Waals surface area contributed by atoms with E-state index in [0.717, 1.165) is 49.9 Å². The van der Waals surface area contributed by atoms with Gasteiger partial charge >= 0.3 is 5.97 Å². The van der Waals surface area contributed by atoms with E-state index in [9.17, 15) is 9.90 Å². The average molecular weight is 412 g/mol. The maximum absolute atomic E-state index is 12.1. The largest absolute Gasteiger partial charge is 0.481 e. The topological polar surface area (TPSA) is 73.7 Å². The van der Waals surface area contributed by atoms with Crippen LogP contribution in [-0.4, -0.2) is 21.9 Å². The van der Waals surface area contributed by atoms with Crippen molar-refractivity contribution in [3.05, 3.63) is 42.5 Å². The number of carboxylic acid groups (broad SMARTS) is 1. The molecule has 4 atom stereocenters. The maximum Gasteiger partial charge on any atom is 0.310 e. The van der Waals surface area contributed by atoms with Gasteiger partial charge in [0.2, 0.25) is 0 Å².